The smallest absolute Gasteiger partial charge is 0.311 e. The third-order valence-electron chi connectivity index (χ3n) is 4.42. The summed E-state index contributed by atoms with van der Waals surface area (Å²) >= 11 is 0. The molecule has 5 heteroatoms. The molecule has 1 amide bonds. The summed E-state index contributed by atoms with van der Waals surface area (Å²) < 4.78 is 5.19. The summed E-state index contributed by atoms with van der Waals surface area (Å²) in [5, 5.41) is 12.4. The average molecular weight is 269 g/mol. The van der Waals surface area contributed by atoms with Gasteiger partial charge in [-0.15, -0.1) is 0 Å². The van der Waals surface area contributed by atoms with Gasteiger partial charge < -0.3 is 15.2 Å². The van der Waals surface area contributed by atoms with E-state index < -0.39 is 11.4 Å². The van der Waals surface area contributed by atoms with Crippen molar-refractivity contribution >= 4 is 11.9 Å². The lowest BCUT2D eigenvalue weighted by Crippen LogP contribution is -2.44. The third kappa shape index (κ3) is 3.47. The number of amides is 1. The Labute approximate surface area is 113 Å². The van der Waals surface area contributed by atoms with Crippen LogP contribution in [0.25, 0.3) is 0 Å². The number of hydrogen-bond acceptors (Lipinski definition) is 3. The molecule has 2 rings (SSSR count). The zero-order chi connectivity index (χ0) is 13.7. The van der Waals surface area contributed by atoms with Crippen LogP contribution in [0.4, 0.5) is 0 Å². The lowest BCUT2D eigenvalue weighted by atomic mass is 9.80. The maximum absolute atomic E-state index is 12.0. The number of rotatable bonds is 4. The van der Waals surface area contributed by atoms with E-state index in [9.17, 15) is 14.7 Å². The topological polar surface area (TPSA) is 75.6 Å². The summed E-state index contributed by atoms with van der Waals surface area (Å²) in [5.41, 5.74) is -0.758. The minimum absolute atomic E-state index is 0.0534. The highest BCUT2D eigenvalue weighted by atomic mass is 16.5. The van der Waals surface area contributed by atoms with Crippen LogP contribution in [-0.2, 0) is 14.3 Å². The first-order valence-corrected chi connectivity index (χ1v) is 7.23. The Morgan fingerprint density at radius 1 is 1.21 bits per heavy atom. The minimum atomic E-state index is -0.766. The number of aliphatic carboxylic acids is 1. The highest BCUT2D eigenvalue weighted by molar-refractivity contribution is 5.81. The van der Waals surface area contributed by atoms with Crippen LogP contribution < -0.4 is 5.32 Å². The van der Waals surface area contributed by atoms with Crippen molar-refractivity contribution in [1.82, 2.24) is 5.32 Å². The van der Waals surface area contributed by atoms with Crippen molar-refractivity contribution < 1.29 is 19.4 Å². The molecule has 1 atom stereocenters. The molecule has 2 N–H and O–H groups in total. The average Bonchev–Trinajstić information content (AvgIpc) is 2.82. The molecule has 0 aromatic carbocycles. The van der Waals surface area contributed by atoms with Crippen molar-refractivity contribution in [3.63, 3.8) is 0 Å². The molecule has 0 aromatic rings. The van der Waals surface area contributed by atoms with E-state index in [0.29, 0.717) is 26.1 Å². The summed E-state index contributed by atoms with van der Waals surface area (Å²) in [6, 6.07) is 0. The highest BCUT2D eigenvalue weighted by Gasteiger charge is 2.39. The van der Waals surface area contributed by atoms with E-state index in [4.69, 9.17) is 4.74 Å². The van der Waals surface area contributed by atoms with Crippen LogP contribution in [0, 0.1) is 11.3 Å². The molecule has 1 aliphatic heterocycles. The Hall–Kier alpha value is -1.10. The van der Waals surface area contributed by atoms with Crippen molar-refractivity contribution in [3.05, 3.63) is 0 Å². The Kier molecular flexibility index (Phi) is 4.80. The predicted octanol–water partition coefficient (Wildman–Crippen LogP) is 1.56. The number of carbonyl (C=O) groups excluding carboxylic acids is 1. The van der Waals surface area contributed by atoms with Gasteiger partial charge in [0.25, 0.3) is 0 Å². The first kappa shape index (κ1) is 14.3. The Morgan fingerprint density at radius 2 is 1.89 bits per heavy atom. The summed E-state index contributed by atoms with van der Waals surface area (Å²) in [4.78, 5) is 23.5. The minimum Gasteiger partial charge on any atom is -0.481 e. The second-order valence-corrected chi connectivity index (χ2v) is 5.78. The van der Waals surface area contributed by atoms with Gasteiger partial charge in [-0.25, -0.2) is 0 Å². The summed E-state index contributed by atoms with van der Waals surface area (Å²) in [6.07, 6.45) is 6.15. The van der Waals surface area contributed by atoms with Crippen LogP contribution in [0.3, 0.4) is 0 Å². The SMILES string of the molecule is O=C(NCC1(C(=O)O)CCCCCC1)C1CCOC1. The van der Waals surface area contributed by atoms with E-state index in [-0.39, 0.29) is 18.4 Å². The fraction of sp³-hybridized carbons (Fsp3) is 0.857. The second-order valence-electron chi connectivity index (χ2n) is 5.78. The molecule has 1 saturated carbocycles. The van der Waals surface area contributed by atoms with Crippen LogP contribution in [0.15, 0.2) is 0 Å². The third-order valence-corrected chi connectivity index (χ3v) is 4.42. The van der Waals surface area contributed by atoms with E-state index in [1.54, 1.807) is 0 Å². The second kappa shape index (κ2) is 6.37. The van der Waals surface area contributed by atoms with Crippen LogP contribution in [0.2, 0.25) is 0 Å². The molecule has 0 spiro atoms. The fourth-order valence-corrected chi connectivity index (χ4v) is 3.01. The molecule has 5 nitrogen and oxygen atoms in total. The molecule has 1 unspecified atom stereocenters. The molecule has 1 saturated heterocycles. The number of nitrogens with one attached hydrogen (secondary N) is 1. The molecule has 0 bridgehead atoms. The number of carboxylic acid groups (broad SMARTS) is 1. The van der Waals surface area contributed by atoms with Gasteiger partial charge in [-0.05, 0) is 19.3 Å². The Bertz CT molecular complexity index is 328. The molecule has 2 fully saturated rings. The van der Waals surface area contributed by atoms with Gasteiger partial charge in [-0.1, -0.05) is 25.7 Å². The number of ether oxygens (including phenoxy) is 1. The van der Waals surface area contributed by atoms with Crippen LogP contribution in [0.5, 0.6) is 0 Å². The number of carboxylic acids is 1. The maximum Gasteiger partial charge on any atom is 0.311 e. The van der Waals surface area contributed by atoms with Gasteiger partial charge in [0, 0.05) is 13.2 Å². The number of carbonyl (C=O) groups is 2. The predicted molar refractivity (Wildman–Crippen MR) is 69.7 cm³/mol. The Balaban J connectivity index is 1.92. The standard InChI is InChI=1S/C14H23NO4/c16-12(11-5-8-19-9-11)15-10-14(13(17)18)6-3-1-2-4-7-14/h11H,1-10H2,(H,15,16)(H,17,18). The molecule has 0 radical (unpaired) electrons. The van der Waals surface area contributed by atoms with Crippen molar-refractivity contribution in [3.8, 4) is 0 Å². The fourth-order valence-electron chi connectivity index (χ4n) is 3.01. The van der Waals surface area contributed by atoms with Gasteiger partial charge in [-0.3, -0.25) is 9.59 Å². The van der Waals surface area contributed by atoms with Gasteiger partial charge in [0.15, 0.2) is 0 Å². The van der Waals surface area contributed by atoms with Crippen molar-refractivity contribution in [1.29, 1.82) is 0 Å². The summed E-state index contributed by atoms with van der Waals surface area (Å²) in [7, 11) is 0. The van der Waals surface area contributed by atoms with E-state index in [1.807, 2.05) is 0 Å². The lowest BCUT2D eigenvalue weighted by Gasteiger charge is -2.28. The van der Waals surface area contributed by atoms with Gasteiger partial charge >= 0.3 is 5.97 Å². The summed E-state index contributed by atoms with van der Waals surface area (Å²) in [6.45, 7) is 1.35. The maximum atomic E-state index is 12.0. The first-order chi connectivity index (χ1) is 9.14. The molecule has 2 aliphatic rings. The molecule has 1 heterocycles. The van der Waals surface area contributed by atoms with Gasteiger partial charge in [0.1, 0.15) is 0 Å². The molecule has 19 heavy (non-hydrogen) atoms. The van der Waals surface area contributed by atoms with Crippen molar-refractivity contribution in [2.24, 2.45) is 11.3 Å². The zero-order valence-electron chi connectivity index (χ0n) is 11.3. The van der Waals surface area contributed by atoms with Gasteiger partial charge in [0.2, 0.25) is 5.91 Å². The first-order valence-electron chi connectivity index (χ1n) is 7.23. The quantitative estimate of drug-likeness (QED) is 0.759. The Morgan fingerprint density at radius 3 is 2.42 bits per heavy atom. The van der Waals surface area contributed by atoms with E-state index in [2.05, 4.69) is 5.32 Å². The molecule has 108 valence electrons. The highest BCUT2D eigenvalue weighted by Crippen LogP contribution is 2.35. The van der Waals surface area contributed by atoms with Crippen LogP contribution in [-0.4, -0.2) is 36.7 Å². The van der Waals surface area contributed by atoms with Gasteiger partial charge in [0.05, 0.1) is 17.9 Å². The van der Waals surface area contributed by atoms with Gasteiger partial charge in [-0.2, -0.15) is 0 Å². The van der Waals surface area contributed by atoms with E-state index in [0.717, 1.165) is 32.1 Å². The van der Waals surface area contributed by atoms with Crippen LogP contribution in [0.1, 0.15) is 44.9 Å². The summed E-state index contributed by atoms with van der Waals surface area (Å²) in [5.74, 6) is -0.920. The molecular formula is C14H23NO4. The molecule has 1 aliphatic carbocycles. The molecular weight excluding hydrogens is 246 g/mol. The van der Waals surface area contributed by atoms with Crippen molar-refractivity contribution in [2.45, 2.75) is 44.9 Å². The normalized spacial score (nSPS) is 26.6. The largest absolute Gasteiger partial charge is 0.481 e. The zero-order valence-corrected chi connectivity index (χ0v) is 11.3. The van der Waals surface area contributed by atoms with Crippen LogP contribution >= 0.6 is 0 Å². The van der Waals surface area contributed by atoms with E-state index >= 15 is 0 Å². The molecule has 0 aromatic heterocycles. The lowest BCUT2D eigenvalue weighted by molar-refractivity contribution is -0.150. The monoisotopic (exact) mass is 269 g/mol. The van der Waals surface area contributed by atoms with Crippen molar-refractivity contribution in [2.75, 3.05) is 19.8 Å². The van der Waals surface area contributed by atoms with E-state index in [1.165, 1.54) is 0 Å². The number of hydrogen-bond donors (Lipinski definition) is 2.